The van der Waals surface area contributed by atoms with Crippen molar-refractivity contribution in [2.45, 2.75) is 41.2 Å². The lowest BCUT2D eigenvalue weighted by molar-refractivity contribution is -0.708. The van der Waals surface area contributed by atoms with Crippen molar-refractivity contribution in [3.63, 3.8) is 0 Å². The Morgan fingerprint density at radius 2 is 1.50 bits per heavy atom. The zero-order chi connectivity index (χ0) is 12.1. The molecule has 1 rings (SSSR count). The van der Waals surface area contributed by atoms with Gasteiger partial charge in [-0.05, 0) is 25.6 Å². The monoisotopic (exact) mass is 221 g/mol. The highest BCUT2D eigenvalue weighted by Gasteiger charge is 2.12. The first-order chi connectivity index (χ1) is 7.58. The van der Waals surface area contributed by atoms with Gasteiger partial charge < -0.3 is 0 Å². The summed E-state index contributed by atoms with van der Waals surface area (Å²) in [5.41, 5.74) is 4.09. The van der Waals surface area contributed by atoms with Gasteiger partial charge >= 0.3 is 0 Å². The molecule has 16 heavy (non-hydrogen) atoms. The summed E-state index contributed by atoms with van der Waals surface area (Å²) in [4.78, 5) is 2.46. The number of hydrogen-bond donors (Lipinski definition) is 0. The van der Waals surface area contributed by atoms with Crippen molar-refractivity contribution in [3.8, 4) is 0 Å². The SMILES string of the molecule is CCN(CC)CC[n+]1c(C)cc(C)cc1C. The molecule has 0 aromatic carbocycles. The van der Waals surface area contributed by atoms with E-state index in [0.29, 0.717) is 0 Å². The zero-order valence-corrected chi connectivity index (χ0v) is 11.4. The number of likely N-dealkylation sites (N-methyl/N-ethyl adjacent to an activating group) is 1. The number of aryl methyl sites for hydroxylation is 3. The Labute approximate surface area is 99.9 Å². The maximum absolute atomic E-state index is 2.46. The average molecular weight is 221 g/mol. The third kappa shape index (κ3) is 3.31. The lowest BCUT2D eigenvalue weighted by Crippen LogP contribution is -2.45. The minimum atomic E-state index is 1.10. The van der Waals surface area contributed by atoms with Crippen molar-refractivity contribution in [2.75, 3.05) is 19.6 Å². The highest BCUT2D eigenvalue weighted by Crippen LogP contribution is 2.01. The highest BCUT2D eigenvalue weighted by atomic mass is 15.1. The third-order valence-corrected chi connectivity index (χ3v) is 3.26. The van der Waals surface area contributed by atoms with Crippen molar-refractivity contribution in [1.82, 2.24) is 4.90 Å². The summed E-state index contributed by atoms with van der Waals surface area (Å²) in [5.74, 6) is 0. The lowest BCUT2D eigenvalue weighted by Gasteiger charge is -2.16. The van der Waals surface area contributed by atoms with Crippen LogP contribution in [0.5, 0.6) is 0 Å². The van der Waals surface area contributed by atoms with Gasteiger partial charge in [0.2, 0.25) is 0 Å². The first kappa shape index (κ1) is 13.2. The molecule has 90 valence electrons. The standard InChI is InChI=1S/C14H25N2/c1-6-15(7-2)8-9-16-13(4)10-12(3)11-14(16)5/h10-11H,6-9H2,1-5H3/q+1. The van der Waals surface area contributed by atoms with Crippen molar-refractivity contribution in [1.29, 1.82) is 0 Å². The van der Waals surface area contributed by atoms with Crippen LogP contribution in [0.25, 0.3) is 0 Å². The molecule has 0 fully saturated rings. The summed E-state index contributed by atoms with van der Waals surface area (Å²) in [5, 5.41) is 0. The molecule has 0 aliphatic heterocycles. The minimum absolute atomic E-state index is 1.10. The van der Waals surface area contributed by atoms with E-state index in [4.69, 9.17) is 0 Å². The second-order valence-corrected chi connectivity index (χ2v) is 4.49. The predicted molar refractivity (Wildman–Crippen MR) is 68.6 cm³/mol. The number of pyridine rings is 1. The fourth-order valence-corrected chi connectivity index (χ4v) is 2.27. The van der Waals surface area contributed by atoms with Gasteiger partial charge in [-0.15, -0.1) is 0 Å². The Morgan fingerprint density at radius 1 is 1.00 bits per heavy atom. The zero-order valence-electron chi connectivity index (χ0n) is 11.4. The molecule has 2 nitrogen and oxygen atoms in total. The van der Waals surface area contributed by atoms with E-state index in [1.807, 2.05) is 0 Å². The average Bonchev–Trinajstić information content (AvgIpc) is 2.22. The quantitative estimate of drug-likeness (QED) is 0.692. The van der Waals surface area contributed by atoms with E-state index in [2.05, 4.69) is 56.2 Å². The van der Waals surface area contributed by atoms with E-state index >= 15 is 0 Å². The molecule has 0 amide bonds. The first-order valence-electron chi connectivity index (χ1n) is 6.28. The van der Waals surface area contributed by atoms with Crippen LogP contribution in [0.3, 0.4) is 0 Å². The number of nitrogens with zero attached hydrogens (tertiary/aromatic N) is 2. The summed E-state index contributed by atoms with van der Waals surface area (Å²) in [6.45, 7) is 15.5. The van der Waals surface area contributed by atoms with Crippen LogP contribution >= 0.6 is 0 Å². The van der Waals surface area contributed by atoms with Gasteiger partial charge in [-0.3, -0.25) is 4.90 Å². The fraction of sp³-hybridized carbons (Fsp3) is 0.643. The number of aromatic nitrogens is 1. The lowest BCUT2D eigenvalue weighted by atomic mass is 10.2. The molecule has 0 spiro atoms. The van der Waals surface area contributed by atoms with Crippen LogP contribution in [0.1, 0.15) is 30.8 Å². The van der Waals surface area contributed by atoms with Gasteiger partial charge in [-0.25, -0.2) is 0 Å². The maximum atomic E-state index is 2.46. The molecular formula is C14H25N2+. The fourth-order valence-electron chi connectivity index (χ4n) is 2.27. The van der Waals surface area contributed by atoms with E-state index in [1.54, 1.807) is 0 Å². The third-order valence-electron chi connectivity index (χ3n) is 3.26. The summed E-state index contributed by atoms with van der Waals surface area (Å²) in [6, 6.07) is 4.52. The van der Waals surface area contributed by atoms with Crippen molar-refractivity contribution < 1.29 is 4.57 Å². The maximum Gasteiger partial charge on any atom is 0.178 e. The van der Waals surface area contributed by atoms with E-state index in [1.165, 1.54) is 17.0 Å². The molecule has 0 aliphatic carbocycles. The molecule has 0 radical (unpaired) electrons. The van der Waals surface area contributed by atoms with Crippen molar-refractivity contribution in [3.05, 3.63) is 29.1 Å². The normalized spacial score (nSPS) is 11.1. The second kappa shape index (κ2) is 6.00. The molecule has 1 aromatic rings. The van der Waals surface area contributed by atoms with E-state index in [9.17, 15) is 0 Å². The molecule has 0 N–H and O–H groups in total. The Balaban J connectivity index is 2.74. The van der Waals surface area contributed by atoms with Crippen molar-refractivity contribution in [2.24, 2.45) is 0 Å². The molecule has 0 atom stereocenters. The Hall–Kier alpha value is -0.890. The van der Waals surface area contributed by atoms with Gasteiger partial charge in [0, 0.05) is 26.0 Å². The van der Waals surface area contributed by atoms with Crippen LogP contribution in [0.2, 0.25) is 0 Å². The van der Waals surface area contributed by atoms with E-state index in [-0.39, 0.29) is 0 Å². The molecular weight excluding hydrogens is 196 g/mol. The smallest absolute Gasteiger partial charge is 0.178 e. The van der Waals surface area contributed by atoms with Gasteiger partial charge in [0.05, 0.1) is 6.54 Å². The van der Waals surface area contributed by atoms with Crippen molar-refractivity contribution >= 4 is 0 Å². The molecule has 0 saturated carbocycles. The van der Waals surface area contributed by atoms with Crippen LogP contribution in [-0.4, -0.2) is 24.5 Å². The topological polar surface area (TPSA) is 7.12 Å². The first-order valence-corrected chi connectivity index (χ1v) is 6.28. The molecule has 1 aromatic heterocycles. The molecule has 2 heteroatoms. The largest absolute Gasteiger partial charge is 0.298 e. The van der Waals surface area contributed by atoms with Gasteiger partial charge in [0.15, 0.2) is 17.9 Å². The van der Waals surface area contributed by atoms with Crippen LogP contribution in [-0.2, 0) is 6.54 Å². The summed E-state index contributed by atoms with van der Waals surface area (Å²) < 4.78 is 2.41. The molecule has 0 bridgehead atoms. The highest BCUT2D eigenvalue weighted by molar-refractivity contribution is 5.13. The Bertz CT molecular complexity index is 318. The van der Waals surface area contributed by atoms with Crippen LogP contribution < -0.4 is 4.57 Å². The molecule has 0 unspecified atom stereocenters. The van der Waals surface area contributed by atoms with Gasteiger partial charge in [-0.1, -0.05) is 13.8 Å². The summed E-state index contributed by atoms with van der Waals surface area (Å²) >= 11 is 0. The van der Waals surface area contributed by atoms with Gasteiger partial charge in [0.25, 0.3) is 0 Å². The van der Waals surface area contributed by atoms with Crippen LogP contribution in [0.4, 0.5) is 0 Å². The molecule has 1 heterocycles. The van der Waals surface area contributed by atoms with E-state index < -0.39 is 0 Å². The van der Waals surface area contributed by atoms with Crippen LogP contribution in [0, 0.1) is 20.8 Å². The minimum Gasteiger partial charge on any atom is -0.298 e. The Morgan fingerprint density at radius 3 is 1.94 bits per heavy atom. The number of rotatable bonds is 5. The van der Waals surface area contributed by atoms with Crippen LogP contribution in [0.15, 0.2) is 12.1 Å². The number of hydrogen-bond acceptors (Lipinski definition) is 1. The molecule has 0 aliphatic rings. The summed E-state index contributed by atoms with van der Waals surface area (Å²) in [7, 11) is 0. The molecule has 0 saturated heterocycles. The summed E-state index contributed by atoms with van der Waals surface area (Å²) in [6.07, 6.45) is 0. The van der Waals surface area contributed by atoms with E-state index in [0.717, 1.165) is 26.2 Å². The Kier molecular flexibility index (Phi) is 4.94. The predicted octanol–water partition coefficient (Wildman–Crippen LogP) is 2.24. The van der Waals surface area contributed by atoms with Gasteiger partial charge in [0.1, 0.15) is 0 Å². The van der Waals surface area contributed by atoms with Gasteiger partial charge in [-0.2, -0.15) is 4.57 Å². The second-order valence-electron chi connectivity index (χ2n) is 4.49.